The van der Waals surface area contributed by atoms with Crippen LogP contribution >= 0.6 is 0 Å². The van der Waals surface area contributed by atoms with Gasteiger partial charge in [-0.2, -0.15) is 0 Å². The van der Waals surface area contributed by atoms with Crippen LogP contribution in [0.5, 0.6) is 0 Å². The molecule has 0 aromatic heterocycles. The molecule has 1 rings (SSSR count). The Labute approximate surface area is 90.3 Å². The van der Waals surface area contributed by atoms with Crippen LogP contribution in [-0.2, 0) is 14.6 Å². The third kappa shape index (κ3) is 3.79. The van der Waals surface area contributed by atoms with E-state index in [1.54, 1.807) is 6.92 Å². The minimum absolute atomic E-state index is 0.0731. The van der Waals surface area contributed by atoms with Gasteiger partial charge in [-0.15, -0.1) is 0 Å². The summed E-state index contributed by atoms with van der Waals surface area (Å²) in [5, 5.41) is 2.73. The number of carbonyl (C=O) groups is 1. The van der Waals surface area contributed by atoms with Crippen molar-refractivity contribution in [2.75, 3.05) is 24.6 Å². The zero-order chi connectivity index (χ0) is 11.5. The van der Waals surface area contributed by atoms with Gasteiger partial charge in [0.1, 0.15) is 0 Å². The quantitative estimate of drug-likeness (QED) is 0.662. The van der Waals surface area contributed by atoms with Crippen LogP contribution < -0.4 is 11.1 Å². The maximum absolute atomic E-state index is 11.4. The maximum Gasteiger partial charge on any atom is 0.224 e. The van der Waals surface area contributed by atoms with E-state index in [1.165, 1.54) is 0 Å². The fourth-order valence-corrected chi connectivity index (χ4v) is 3.42. The predicted molar refractivity (Wildman–Crippen MR) is 58.0 cm³/mol. The first kappa shape index (κ1) is 12.4. The molecule has 0 aromatic rings. The van der Waals surface area contributed by atoms with Gasteiger partial charge in [0, 0.05) is 19.0 Å². The molecule has 0 saturated carbocycles. The van der Waals surface area contributed by atoms with Crippen LogP contribution in [0.25, 0.3) is 0 Å². The van der Waals surface area contributed by atoms with E-state index >= 15 is 0 Å². The van der Waals surface area contributed by atoms with Gasteiger partial charge in [-0.3, -0.25) is 4.79 Å². The summed E-state index contributed by atoms with van der Waals surface area (Å²) >= 11 is 0. The Hall–Kier alpha value is -0.620. The monoisotopic (exact) mass is 234 g/mol. The van der Waals surface area contributed by atoms with Gasteiger partial charge in [0.25, 0.3) is 0 Å². The van der Waals surface area contributed by atoms with Gasteiger partial charge in [0.15, 0.2) is 9.84 Å². The smallest absolute Gasteiger partial charge is 0.224 e. The maximum atomic E-state index is 11.4. The van der Waals surface area contributed by atoms with Crippen molar-refractivity contribution in [1.29, 1.82) is 0 Å². The fourth-order valence-electron chi connectivity index (χ4n) is 1.56. The van der Waals surface area contributed by atoms with Crippen LogP contribution in [0.1, 0.15) is 13.3 Å². The molecule has 0 spiro atoms. The lowest BCUT2D eigenvalue weighted by atomic mass is 10.1. The molecule has 2 atom stereocenters. The number of hydrogen-bond donors (Lipinski definition) is 2. The van der Waals surface area contributed by atoms with Crippen molar-refractivity contribution in [3.8, 4) is 0 Å². The second kappa shape index (κ2) is 4.94. The highest BCUT2D eigenvalue weighted by molar-refractivity contribution is 7.91. The Morgan fingerprint density at radius 2 is 2.27 bits per heavy atom. The molecule has 1 aliphatic rings. The van der Waals surface area contributed by atoms with E-state index in [-0.39, 0.29) is 29.2 Å². The molecule has 5 nitrogen and oxygen atoms in total. The van der Waals surface area contributed by atoms with E-state index in [0.29, 0.717) is 19.5 Å². The number of carbonyl (C=O) groups excluding carboxylic acids is 1. The first-order valence-corrected chi connectivity index (χ1v) is 6.95. The molecule has 0 aromatic carbocycles. The van der Waals surface area contributed by atoms with Crippen molar-refractivity contribution in [3.63, 3.8) is 0 Å². The lowest BCUT2D eigenvalue weighted by Gasteiger charge is -2.12. The second-order valence-electron chi connectivity index (χ2n) is 4.15. The van der Waals surface area contributed by atoms with E-state index in [0.717, 1.165) is 0 Å². The fraction of sp³-hybridized carbons (Fsp3) is 0.889. The Bertz CT molecular complexity index is 326. The van der Waals surface area contributed by atoms with Crippen molar-refractivity contribution in [2.24, 2.45) is 17.6 Å². The van der Waals surface area contributed by atoms with E-state index in [4.69, 9.17) is 5.73 Å². The Morgan fingerprint density at radius 1 is 1.60 bits per heavy atom. The number of nitrogens with one attached hydrogen (secondary N) is 1. The van der Waals surface area contributed by atoms with Gasteiger partial charge >= 0.3 is 0 Å². The number of hydrogen-bond acceptors (Lipinski definition) is 4. The molecule has 0 radical (unpaired) electrons. The van der Waals surface area contributed by atoms with Crippen LogP contribution in [0.2, 0.25) is 0 Å². The van der Waals surface area contributed by atoms with Gasteiger partial charge in [-0.1, -0.05) is 6.92 Å². The minimum atomic E-state index is -2.85. The number of nitrogens with two attached hydrogens (primary N) is 1. The predicted octanol–water partition coefficient (Wildman–Crippen LogP) is -0.868. The molecule has 3 N–H and O–H groups in total. The molecular formula is C9H18N2O3S. The van der Waals surface area contributed by atoms with Crippen LogP contribution in [0, 0.1) is 11.8 Å². The molecule has 0 aliphatic carbocycles. The zero-order valence-corrected chi connectivity index (χ0v) is 9.72. The molecule has 1 fully saturated rings. The average molecular weight is 234 g/mol. The first-order valence-electron chi connectivity index (χ1n) is 5.13. The summed E-state index contributed by atoms with van der Waals surface area (Å²) in [6.45, 7) is 2.51. The Balaban J connectivity index is 2.30. The topological polar surface area (TPSA) is 89.3 Å². The summed E-state index contributed by atoms with van der Waals surface area (Å²) in [5.41, 5.74) is 5.34. The molecule has 0 bridgehead atoms. The van der Waals surface area contributed by atoms with E-state index in [2.05, 4.69) is 5.32 Å². The second-order valence-corrected chi connectivity index (χ2v) is 6.38. The highest BCUT2D eigenvalue weighted by Crippen LogP contribution is 2.17. The molecule has 1 aliphatic heterocycles. The average Bonchev–Trinajstić information content (AvgIpc) is 2.53. The third-order valence-corrected chi connectivity index (χ3v) is 4.53. The molecule has 15 heavy (non-hydrogen) atoms. The molecule has 1 saturated heterocycles. The van der Waals surface area contributed by atoms with Crippen LogP contribution in [0.3, 0.4) is 0 Å². The van der Waals surface area contributed by atoms with Gasteiger partial charge < -0.3 is 11.1 Å². The SMILES string of the molecule is CC(CN)C(=O)NCC1CCS(=O)(=O)C1. The molecular weight excluding hydrogens is 216 g/mol. The van der Waals surface area contributed by atoms with Gasteiger partial charge in [-0.25, -0.2) is 8.42 Å². The van der Waals surface area contributed by atoms with Gasteiger partial charge in [-0.05, 0) is 12.3 Å². The van der Waals surface area contributed by atoms with E-state index < -0.39 is 9.84 Å². The molecule has 2 unspecified atom stereocenters. The summed E-state index contributed by atoms with van der Waals surface area (Å²) in [5.74, 6) is 0.221. The normalized spacial score (nSPS) is 26.1. The molecule has 6 heteroatoms. The number of sulfone groups is 1. The molecule has 1 amide bonds. The number of amides is 1. The lowest BCUT2D eigenvalue weighted by molar-refractivity contribution is -0.124. The van der Waals surface area contributed by atoms with Crippen LogP contribution in [-0.4, -0.2) is 38.9 Å². The van der Waals surface area contributed by atoms with Crippen LogP contribution in [0.4, 0.5) is 0 Å². The summed E-state index contributed by atoms with van der Waals surface area (Å²) < 4.78 is 22.3. The van der Waals surface area contributed by atoms with Crippen molar-refractivity contribution in [3.05, 3.63) is 0 Å². The third-order valence-electron chi connectivity index (χ3n) is 2.69. The number of rotatable bonds is 4. The highest BCUT2D eigenvalue weighted by atomic mass is 32.2. The highest BCUT2D eigenvalue weighted by Gasteiger charge is 2.28. The standard InChI is InChI=1S/C9H18N2O3S/c1-7(4-10)9(12)11-5-8-2-3-15(13,14)6-8/h7-8H,2-6,10H2,1H3,(H,11,12). The summed E-state index contributed by atoms with van der Waals surface area (Å²) in [4.78, 5) is 11.4. The van der Waals surface area contributed by atoms with Crippen molar-refractivity contribution in [1.82, 2.24) is 5.32 Å². The largest absolute Gasteiger partial charge is 0.356 e. The lowest BCUT2D eigenvalue weighted by Crippen LogP contribution is -2.36. The Kier molecular flexibility index (Phi) is 4.10. The van der Waals surface area contributed by atoms with Gasteiger partial charge in [0.05, 0.1) is 11.5 Å². The van der Waals surface area contributed by atoms with Crippen molar-refractivity contribution >= 4 is 15.7 Å². The summed E-state index contributed by atoms with van der Waals surface area (Å²) in [6, 6.07) is 0. The zero-order valence-electron chi connectivity index (χ0n) is 8.90. The summed E-state index contributed by atoms with van der Waals surface area (Å²) in [6.07, 6.45) is 0.652. The Morgan fingerprint density at radius 3 is 2.73 bits per heavy atom. The van der Waals surface area contributed by atoms with Crippen molar-refractivity contribution < 1.29 is 13.2 Å². The minimum Gasteiger partial charge on any atom is -0.356 e. The van der Waals surface area contributed by atoms with Crippen molar-refractivity contribution in [2.45, 2.75) is 13.3 Å². The summed E-state index contributed by atoms with van der Waals surface area (Å²) in [7, 11) is -2.85. The molecule has 1 heterocycles. The first-order chi connectivity index (χ1) is 6.94. The van der Waals surface area contributed by atoms with Gasteiger partial charge in [0.2, 0.25) is 5.91 Å². The van der Waals surface area contributed by atoms with E-state index in [1.807, 2.05) is 0 Å². The van der Waals surface area contributed by atoms with E-state index in [9.17, 15) is 13.2 Å². The van der Waals surface area contributed by atoms with Crippen LogP contribution in [0.15, 0.2) is 0 Å². The molecule has 88 valence electrons.